The Labute approximate surface area is 89.7 Å². The van der Waals surface area contributed by atoms with E-state index in [0.717, 1.165) is 18.5 Å². The molecule has 0 bridgehead atoms. The van der Waals surface area contributed by atoms with E-state index in [-0.39, 0.29) is 0 Å². The Morgan fingerprint density at radius 3 is 3.00 bits per heavy atom. The summed E-state index contributed by atoms with van der Waals surface area (Å²) in [6.45, 7) is 2.46. The fourth-order valence-corrected chi connectivity index (χ4v) is 1.94. The Balaban J connectivity index is 2.43. The van der Waals surface area contributed by atoms with Gasteiger partial charge in [-0.2, -0.15) is 5.26 Å². The van der Waals surface area contributed by atoms with Gasteiger partial charge in [-0.1, -0.05) is 0 Å². The molecule has 0 radical (unpaired) electrons. The van der Waals surface area contributed by atoms with Crippen LogP contribution < -0.4 is 4.74 Å². The zero-order chi connectivity index (χ0) is 10.7. The summed E-state index contributed by atoms with van der Waals surface area (Å²) in [4.78, 5) is 4.43. The van der Waals surface area contributed by atoms with Crippen molar-refractivity contribution in [2.75, 3.05) is 6.61 Å². The van der Waals surface area contributed by atoms with Gasteiger partial charge in [0.05, 0.1) is 6.61 Å². The molecule has 1 aromatic rings. The predicted octanol–water partition coefficient (Wildman–Crippen LogP) is 2.23. The molecule has 1 aromatic heterocycles. The van der Waals surface area contributed by atoms with Crippen LogP contribution in [-0.4, -0.2) is 11.6 Å². The second-order valence-corrected chi connectivity index (χ2v) is 3.70. The largest absolute Gasteiger partial charge is 0.477 e. The van der Waals surface area contributed by atoms with Gasteiger partial charge in [-0.15, -0.1) is 0 Å². The molecule has 0 amide bonds. The van der Waals surface area contributed by atoms with Gasteiger partial charge in [0.25, 0.3) is 0 Å². The van der Waals surface area contributed by atoms with Crippen LogP contribution in [0, 0.1) is 11.3 Å². The van der Waals surface area contributed by atoms with Crippen LogP contribution >= 0.6 is 0 Å². The molecular formula is C12H14N2O. The maximum absolute atomic E-state index is 8.98. The van der Waals surface area contributed by atoms with Crippen molar-refractivity contribution in [3.63, 3.8) is 0 Å². The van der Waals surface area contributed by atoms with Crippen LogP contribution in [0.15, 0.2) is 6.07 Å². The smallest absolute Gasteiger partial charge is 0.231 e. The van der Waals surface area contributed by atoms with Gasteiger partial charge in [0.15, 0.2) is 0 Å². The first-order valence-electron chi connectivity index (χ1n) is 5.41. The minimum atomic E-state index is 0.501. The molecule has 15 heavy (non-hydrogen) atoms. The van der Waals surface area contributed by atoms with Crippen molar-refractivity contribution in [2.24, 2.45) is 0 Å². The Morgan fingerprint density at radius 1 is 1.47 bits per heavy atom. The molecule has 0 aliphatic heterocycles. The molecule has 78 valence electrons. The molecule has 0 atom stereocenters. The van der Waals surface area contributed by atoms with Crippen LogP contribution in [0.3, 0.4) is 0 Å². The summed E-state index contributed by atoms with van der Waals surface area (Å²) >= 11 is 0. The zero-order valence-corrected chi connectivity index (χ0v) is 8.92. The van der Waals surface area contributed by atoms with Crippen molar-refractivity contribution < 1.29 is 4.74 Å². The van der Waals surface area contributed by atoms with Gasteiger partial charge >= 0.3 is 0 Å². The lowest BCUT2D eigenvalue weighted by atomic mass is 9.95. The minimum absolute atomic E-state index is 0.501. The van der Waals surface area contributed by atoms with Gasteiger partial charge in [-0.3, -0.25) is 0 Å². The fourth-order valence-electron chi connectivity index (χ4n) is 1.94. The first-order chi connectivity index (χ1) is 7.35. The first-order valence-corrected chi connectivity index (χ1v) is 5.41. The predicted molar refractivity (Wildman–Crippen MR) is 56.8 cm³/mol. The average Bonchev–Trinajstić information content (AvgIpc) is 2.28. The van der Waals surface area contributed by atoms with E-state index in [4.69, 9.17) is 10.00 Å². The molecule has 0 aromatic carbocycles. The lowest BCUT2D eigenvalue weighted by Gasteiger charge is -2.16. The van der Waals surface area contributed by atoms with E-state index >= 15 is 0 Å². The summed E-state index contributed by atoms with van der Waals surface area (Å²) < 4.78 is 5.36. The molecule has 3 nitrogen and oxygen atoms in total. The summed E-state index contributed by atoms with van der Waals surface area (Å²) in [7, 11) is 0. The highest BCUT2D eigenvalue weighted by Crippen LogP contribution is 2.25. The lowest BCUT2D eigenvalue weighted by molar-refractivity contribution is 0.324. The van der Waals surface area contributed by atoms with Crippen molar-refractivity contribution in [1.82, 2.24) is 4.98 Å². The minimum Gasteiger partial charge on any atom is -0.477 e. The summed E-state index contributed by atoms with van der Waals surface area (Å²) in [6, 6.07) is 4.08. The molecule has 1 heterocycles. The summed E-state index contributed by atoms with van der Waals surface area (Å²) in [5.74, 6) is 0.501. The van der Waals surface area contributed by atoms with Crippen molar-refractivity contribution in [3.05, 3.63) is 22.9 Å². The van der Waals surface area contributed by atoms with E-state index in [2.05, 4.69) is 11.1 Å². The third-order valence-corrected chi connectivity index (χ3v) is 2.67. The van der Waals surface area contributed by atoms with Gasteiger partial charge in [0.2, 0.25) is 5.88 Å². The van der Waals surface area contributed by atoms with Crippen molar-refractivity contribution in [2.45, 2.75) is 32.6 Å². The highest BCUT2D eigenvalue weighted by atomic mass is 16.5. The van der Waals surface area contributed by atoms with Gasteiger partial charge in [0.1, 0.15) is 11.6 Å². The quantitative estimate of drug-likeness (QED) is 0.738. The number of hydrogen-bond donors (Lipinski definition) is 0. The summed E-state index contributed by atoms with van der Waals surface area (Å²) in [6.07, 6.45) is 4.45. The number of hydrogen-bond acceptors (Lipinski definition) is 3. The monoisotopic (exact) mass is 202 g/mol. The van der Waals surface area contributed by atoms with Crippen molar-refractivity contribution >= 4 is 0 Å². The second kappa shape index (κ2) is 4.31. The third kappa shape index (κ3) is 1.94. The Kier molecular flexibility index (Phi) is 2.86. The lowest BCUT2D eigenvalue weighted by Crippen LogP contribution is -2.08. The molecule has 0 spiro atoms. The van der Waals surface area contributed by atoms with Crippen LogP contribution in [0.5, 0.6) is 5.88 Å². The molecule has 0 N–H and O–H groups in total. The zero-order valence-electron chi connectivity index (χ0n) is 8.92. The number of nitrogens with zero attached hydrogens (tertiary/aromatic N) is 2. The van der Waals surface area contributed by atoms with E-state index in [1.165, 1.54) is 18.4 Å². The van der Waals surface area contributed by atoms with E-state index < -0.39 is 0 Å². The SMILES string of the molecule is CCOc1nc2c(cc1C#N)CCCC2. The van der Waals surface area contributed by atoms with Crippen LogP contribution in [0.2, 0.25) is 0 Å². The van der Waals surface area contributed by atoms with E-state index in [9.17, 15) is 0 Å². The highest BCUT2D eigenvalue weighted by molar-refractivity contribution is 5.43. The molecule has 2 rings (SSSR count). The molecule has 0 unspecified atom stereocenters. The number of aryl methyl sites for hydroxylation is 2. The Hall–Kier alpha value is -1.56. The number of ether oxygens (including phenoxy) is 1. The molecular weight excluding hydrogens is 188 g/mol. The fraction of sp³-hybridized carbons (Fsp3) is 0.500. The number of aromatic nitrogens is 1. The van der Waals surface area contributed by atoms with Crippen LogP contribution in [0.4, 0.5) is 0 Å². The molecule has 3 heteroatoms. The van der Waals surface area contributed by atoms with Crippen LogP contribution in [-0.2, 0) is 12.8 Å². The van der Waals surface area contributed by atoms with Crippen LogP contribution in [0.25, 0.3) is 0 Å². The van der Waals surface area contributed by atoms with Crippen molar-refractivity contribution in [1.29, 1.82) is 5.26 Å². The van der Waals surface area contributed by atoms with E-state index in [1.54, 1.807) is 0 Å². The normalized spacial score (nSPS) is 14.1. The Bertz CT molecular complexity index is 407. The van der Waals surface area contributed by atoms with Gasteiger partial charge < -0.3 is 4.74 Å². The number of nitriles is 1. The van der Waals surface area contributed by atoms with E-state index in [1.807, 2.05) is 13.0 Å². The molecule has 0 saturated heterocycles. The number of fused-ring (bicyclic) bond motifs is 1. The van der Waals surface area contributed by atoms with Gasteiger partial charge in [-0.05, 0) is 44.2 Å². The second-order valence-electron chi connectivity index (χ2n) is 3.70. The summed E-state index contributed by atoms with van der Waals surface area (Å²) in [5, 5.41) is 8.98. The Morgan fingerprint density at radius 2 is 2.27 bits per heavy atom. The molecule has 1 aliphatic carbocycles. The maximum Gasteiger partial charge on any atom is 0.231 e. The van der Waals surface area contributed by atoms with Crippen molar-refractivity contribution in [3.8, 4) is 11.9 Å². The first kappa shape index (κ1) is 9.97. The van der Waals surface area contributed by atoms with Crippen LogP contribution in [0.1, 0.15) is 36.6 Å². The topological polar surface area (TPSA) is 45.9 Å². The molecule has 1 aliphatic rings. The third-order valence-electron chi connectivity index (χ3n) is 2.67. The van der Waals surface area contributed by atoms with Gasteiger partial charge in [-0.25, -0.2) is 4.98 Å². The number of rotatable bonds is 2. The highest BCUT2D eigenvalue weighted by Gasteiger charge is 2.15. The number of pyridine rings is 1. The van der Waals surface area contributed by atoms with E-state index in [0.29, 0.717) is 18.1 Å². The average molecular weight is 202 g/mol. The van der Waals surface area contributed by atoms with Gasteiger partial charge in [0, 0.05) is 5.69 Å². The molecule has 0 saturated carbocycles. The standard InChI is InChI=1S/C12H14N2O/c1-2-15-12-10(8-13)7-9-5-3-4-6-11(9)14-12/h7H,2-6H2,1H3. The summed E-state index contributed by atoms with van der Waals surface area (Å²) in [5.41, 5.74) is 2.91. The maximum atomic E-state index is 8.98. The molecule has 0 fully saturated rings.